The lowest BCUT2D eigenvalue weighted by Gasteiger charge is -2.45. The molecule has 3 aliphatic rings. The Morgan fingerprint density at radius 2 is 2.08 bits per heavy atom. The molecule has 0 aromatic carbocycles. The number of ether oxygens (including phenoxy) is 3. The number of halogens is 3. The Morgan fingerprint density at radius 3 is 2.80 bits per heavy atom. The zero-order valence-corrected chi connectivity index (χ0v) is 22.2. The SMILES string of the molecule is C[C@@H](NC(=O)c1ncc2c(n1)N(C(=O)Nc1cccc(OC[C@@H]3COC(C)(C)O3)n1)[C@H]1CCCN2C1)C(F)(F)F. The molecule has 40 heavy (non-hydrogen) atoms. The molecule has 2 fully saturated rings. The summed E-state index contributed by atoms with van der Waals surface area (Å²) in [7, 11) is 0. The van der Waals surface area contributed by atoms with Gasteiger partial charge in [-0.05, 0) is 39.7 Å². The van der Waals surface area contributed by atoms with E-state index in [0.717, 1.165) is 13.3 Å². The number of nitrogens with one attached hydrogen (secondary N) is 2. The van der Waals surface area contributed by atoms with E-state index in [1.807, 2.05) is 24.1 Å². The minimum atomic E-state index is -4.63. The molecule has 5 heterocycles. The van der Waals surface area contributed by atoms with Crippen LogP contribution < -0.4 is 25.2 Å². The Hall–Kier alpha value is -3.72. The number of nitrogens with zero attached hydrogens (tertiary/aromatic N) is 5. The molecule has 0 saturated carbocycles. The van der Waals surface area contributed by atoms with E-state index in [1.54, 1.807) is 18.2 Å². The van der Waals surface area contributed by atoms with Crippen LogP contribution >= 0.6 is 0 Å². The fraction of sp³-hybridized carbons (Fsp3) is 0.560. The van der Waals surface area contributed by atoms with Crippen LogP contribution in [0.4, 0.5) is 35.3 Å². The van der Waals surface area contributed by atoms with E-state index in [9.17, 15) is 22.8 Å². The van der Waals surface area contributed by atoms with Crippen molar-refractivity contribution < 1.29 is 37.0 Å². The van der Waals surface area contributed by atoms with Crippen LogP contribution in [-0.4, -0.2) is 83.3 Å². The molecule has 2 bridgehead atoms. The van der Waals surface area contributed by atoms with Crippen LogP contribution in [0.1, 0.15) is 44.2 Å². The van der Waals surface area contributed by atoms with Crippen molar-refractivity contribution in [1.82, 2.24) is 20.3 Å². The maximum atomic E-state index is 13.5. The number of piperidine rings is 1. The first-order chi connectivity index (χ1) is 18.9. The molecule has 2 aromatic rings. The first-order valence-corrected chi connectivity index (χ1v) is 12.9. The summed E-state index contributed by atoms with van der Waals surface area (Å²) >= 11 is 0. The normalized spacial score (nSPS) is 22.4. The Labute approximate surface area is 228 Å². The molecule has 2 aromatic heterocycles. The number of hydrogen-bond acceptors (Lipinski definition) is 9. The molecule has 3 aliphatic heterocycles. The van der Waals surface area contributed by atoms with Gasteiger partial charge >= 0.3 is 12.2 Å². The van der Waals surface area contributed by atoms with Crippen LogP contribution in [0.15, 0.2) is 24.4 Å². The summed E-state index contributed by atoms with van der Waals surface area (Å²) in [4.78, 5) is 42.1. The fourth-order valence-electron chi connectivity index (χ4n) is 4.80. The van der Waals surface area contributed by atoms with Crippen LogP contribution in [0.5, 0.6) is 5.88 Å². The molecule has 5 rings (SSSR count). The second-order valence-corrected chi connectivity index (χ2v) is 10.3. The number of pyridine rings is 1. The maximum Gasteiger partial charge on any atom is 0.408 e. The van der Waals surface area contributed by atoms with Gasteiger partial charge in [0, 0.05) is 19.2 Å². The minimum Gasteiger partial charge on any atom is -0.475 e. The standard InChI is InChI=1S/C25H30F3N7O5/c1-14(25(26,27)28)30-22(36)20-29-10-17-21(33-20)35(15-6-5-9-34(17)11-15)23(37)32-18-7-4-8-19(31-18)38-12-16-13-39-24(2,3)40-16/h4,7-8,10,14-16H,5-6,9,11-13H2,1-3H3,(H,30,36)(H,31,32,37)/t14-,15+,16-/m1/s1. The van der Waals surface area contributed by atoms with Crippen molar-refractivity contribution >= 4 is 29.3 Å². The average molecular weight is 566 g/mol. The number of fused-ring (bicyclic) bond motifs is 4. The minimum absolute atomic E-state index is 0.140. The van der Waals surface area contributed by atoms with Crippen molar-refractivity contribution in [2.75, 3.05) is 41.4 Å². The largest absolute Gasteiger partial charge is 0.475 e. The summed E-state index contributed by atoms with van der Waals surface area (Å²) in [6.07, 6.45) is -2.04. The molecule has 2 N–H and O–H groups in total. The summed E-state index contributed by atoms with van der Waals surface area (Å²) in [5, 5.41) is 4.61. The van der Waals surface area contributed by atoms with Gasteiger partial charge < -0.3 is 24.4 Å². The predicted octanol–water partition coefficient (Wildman–Crippen LogP) is 3.10. The van der Waals surface area contributed by atoms with E-state index in [1.165, 1.54) is 11.1 Å². The summed E-state index contributed by atoms with van der Waals surface area (Å²) in [5.74, 6) is -1.61. The lowest BCUT2D eigenvalue weighted by Crippen LogP contribution is -2.56. The van der Waals surface area contributed by atoms with Gasteiger partial charge in [-0.2, -0.15) is 18.2 Å². The molecule has 12 nitrogen and oxygen atoms in total. The van der Waals surface area contributed by atoms with E-state index in [4.69, 9.17) is 14.2 Å². The van der Waals surface area contributed by atoms with E-state index in [0.29, 0.717) is 31.8 Å². The van der Waals surface area contributed by atoms with E-state index >= 15 is 0 Å². The molecule has 2 saturated heterocycles. The number of urea groups is 1. The number of carbonyl (C=O) groups is 2. The lowest BCUT2D eigenvalue weighted by molar-refractivity contribution is -0.149. The van der Waals surface area contributed by atoms with Gasteiger partial charge in [-0.15, -0.1) is 0 Å². The van der Waals surface area contributed by atoms with Gasteiger partial charge in [-0.3, -0.25) is 15.0 Å². The number of hydrogen-bond donors (Lipinski definition) is 2. The first-order valence-electron chi connectivity index (χ1n) is 12.9. The zero-order chi connectivity index (χ0) is 28.7. The molecule has 0 radical (unpaired) electrons. The predicted molar refractivity (Wildman–Crippen MR) is 136 cm³/mol. The number of aromatic nitrogens is 3. The van der Waals surface area contributed by atoms with Crippen molar-refractivity contribution in [3.8, 4) is 5.88 Å². The van der Waals surface area contributed by atoms with Crippen LogP contribution in [0.25, 0.3) is 0 Å². The van der Waals surface area contributed by atoms with Crippen molar-refractivity contribution in [2.45, 2.75) is 63.8 Å². The third-order valence-corrected chi connectivity index (χ3v) is 6.78. The average Bonchev–Trinajstić information content (AvgIpc) is 3.25. The number of anilines is 3. The highest BCUT2D eigenvalue weighted by Gasteiger charge is 2.41. The number of carbonyl (C=O) groups excluding carboxylic acids is 2. The van der Waals surface area contributed by atoms with Gasteiger partial charge in [0.05, 0.1) is 24.5 Å². The third-order valence-electron chi connectivity index (χ3n) is 6.78. The van der Waals surface area contributed by atoms with Crippen molar-refractivity contribution in [3.63, 3.8) is 0 Å². The number of rotatable bonds is 6. The fourth-order valence-corrected chi connectivity index (χ4v) is 4.80. The molecule has 0 unspecified atom stereocenters. The zero-order valence-electron chi connectivity index (χ0n) is 22.2. The molecule has 0 spiro atoms. The topological polar surface area (TPSA) is 131 Å². The number of alkyl halides is 3. The molecular formula is C25H30F3N7O5. The van der Waals surface area contributed by atoms with E-state index in [-0.39, 0.29) is 36.3 Å². The Bertz CT molecular complexity index is 1280. The second-order valence-electron chi connectivity index (χ2n) is 10.3. The summed E-state index contributed by atoms with van der Waals surface area (Å²) in [6, 6.07) is 1.99. The van der Waals surface area contributed by atoms with Gasteiger partial charge in [-0.1, -0.05) is 6.07 Å². The summed E-state index contributed by atoms with van der Waals surface area (Å²) in [5.41, 5.74) is 0.512. The molecule has 0 aliphatic carbocycles. The van der Waals surface area contributed by atoms with E-state index < -0.39 is 35.8 Å². The van der Waals surface area contributed by atoms with Gasteiger partial charge in [0.2, 0.25) is 11.7 Å². The molecule has 3 atom stereocenters. The van der Waals surface area contributed by atoms with Gasteiger partial charge in [0.1, 0.15) is 24.6 Å². The maximum absolute atomic E-state index is 13.5. The Kier molecular flexibility index (Phi) is 7.44. The molecule has 3 amide bonds. The second kappa shape index (κ2) is 10.7. The monoisotopic (exact) mass is 565 g/mol. The van der Waals surface area contributed by atoms with Crippen LogP contribution in [-0.2, 0) is 9.47 Å². The van der Waals surface area contributed by atoms with Gasteiger partial charge in [0.25, 0.3) is 5.91 Å². The van der Waals surface area contributed by atoms with Gasteiger partial charge in [-0.25, -0.2) is 14.8 Å². The number of amides is 3. The van der Waals surface area contributed by atoms with Crippen molar-refractivity contribution in [3.05, 3.63) is 30.2 Å². The first kappa shape index (κ1) is 27.8. The smallest absolute Gasteiger partial charge is 0.408 e. The highest BCUT2D eigenvalue weighted by atomic mass is 19.4. The Balaban J connectivity index is 1.33. The highest BCUT2D eigenvalue weighted by molar-refractivity contribution is 6.04. The summed E-state index contributed by atoms with van der Waals surface area (Å²) < 4.78 is 55.9. The van der Waals surface area contributed by atoms with E-state index in [2.05, 4.69) is 20.3 Å². The summed E-state index contributed by atoms with van der Waals surface area (Å²) in [6.45, 7) is 6.27. The lowest BCUT2D eigenvalue weighted by atomic mass is 10.0. The molecular weight excluding hydrogens is 535 g/mol. The van der Waals surface area contributed by atoms with Crippen LogP contribution in [0.3, 0.4) is 0 Å². The quantitative estimate of drug-likeness (QED) is 0.543. The van der Waals surface area contributed by atoms with Crippen molar-refractivity contribution in [1.29, 1.82) is 0 Å². The van der Waals surface area contributed by atoms with Crippen LogP contribution in [0, 0.1) is 0 Å². The van der Waals surface area contributed by atoms with Crippen molar-refractivity contribution in [2.24, 2.45) is 0 Å². The molecule has 216 valence electrons. The Morgan fingerprint density at radius 1 is 1.27 bits per heavy atom. The van der Waals surface area contributed by atoms with Crippen LogP contribution in [0.2, 0.25) is 0 Å². The molecule has 15 heteroatoms. The third kappa shape index (κ3) is 6.04. The highest BCUT2D eigenvalue weighted by Crippen LogP contribution is 2.37. The van der Waals surface area contributed by atoms with Gasteiger partial charge in [0.15, 0.2) is 11.6 Å².